The summed E-state index contributed by atoms with van der Waals surface area (Å²) in [5.41, 5.74) is 57.1. The first-order valence-corrected chi connectivity index (χ1v) is 12.7. The predicted molar refractivity (Wildman–Crippen MR) is 127 cm³/mol. The van der Waals surface area contributed by atoms with Gasteiger partial charge in [0.1, 0.15) is 0 Å². The number of hydrogen-bond acceptors (Lipinski definition) is 8. The summed E-state index contributed by atoms with van der Waals surface area (Å²) in [6.07, 6.45) is 0. The molecule has 0 N–H and O–H groups in total. The number of anilines is 2. The van der Waals surface area contributed by atoms with Gasteiger partial charge >= 0.3 is 188 Å². The summed E-state index contributed by atoms with van der Waals surface area (Å²) in [5.74, 6) is 0. The number of nitrogens with zero attached hydrogens (tertiary/aromatic N) is 20. The van der Waals surface area contributed by atoms with Crippen molar-refractivity contribution in [2.24, 2.45) is 29.3 Å². The van der Waals surface area contributed by atoms with E-state index in [-0.39, 0.29) is 11.4 Å². The zero-order valence-electron chi connectivity index (χ0n) is 16.6. The third-order valence-corrected chi connectivity index (χ3v) is 14.4. The van der Waals surface area contributed by atoms with Gasteiger partial charge in [-0.05, 0) is 0 Å². The molecule has 20 nitrogen and oxygen atoms in total. The number of para-hydroxylation sites is 2. The average molecular weight is 496 g/mol. The fourth-order valence-electron chi connectivity index (χ4n) is 3.64. The van der Waals surface area contributed by atoms with Gasteiger partial charge < -0.3 is 0 Å². The van der Waals surface area contributed by atoms with E-state index in [9.17, 15) is 33.2 Å². The van der Waals surface area contributed by atoms with Crippen LogP contribution in [0.3, 0.4) is 0 Å². The van der Waals surface area contributed by atoms with Gasteiger partial charge in [-0.1, -0.05) is 0 Å². The topological polar surface area (TPSA) is 299 Å². The van der Waals surface area contributed by atoms with Gasteiger partial charge in [0.05, 0.1) is 0 Å². The average Bonchev–Trinajstić information content (AvgIpc) is 2.81. The third kappa shape index (κ3) is 2.72. The van der Waals surface area contributed by atoms with Gasteiger partial charge in [-0.25, -0.2) is 0 Å². The normalized spacial score (nSPS) is 19.8. The van der Waals surface area contributed by atoms with E-state index >= 15 is 0 Å². The van der Waals surface area contributed by atoms with Crippen molar-refractivity contribution in [3.8, 4) is 0 Å². The molecule has 0 aromatic heterocycles. The maximum atomic E-state index is 9.53. The summed E-state index contributed by atoms with van der Waals surface area (Å²) in [5, 5.41) is 0. The molecule has 2 aromatic carbocycles. The molecule has 34 heavy (non-hydrogen) atoms. The fraction of sp³-hybridized carbons (Fsp3) is 0. The Balaban J connectivity index is 2.82. The van der Waals surface area contributed by atoms with Crippen LogP contribution in [0.4, 0.5) is 11.4 Å². The van der Waals surface area contributed by atoms with E-state index in [4.69, 9.17) is 0 Å². The first-order chi connectivity index (χ1) is 16.5. The summed E-state index contributed by atoms with van der Waals surface area (Å²) < 4.78 is 1.56. The van der Waals surface area contributed by atoms with Crippen molar-refractivity contribution in [3.05, 3.63) is 123 Å². The quantitative estimate of drug-likeness (QED) is 0.149. The van der Waals surface area contributed by atoms with Crippen LogP contribution in [0.25, 0.3) is 62.7 Å². The molecule has 0 unspecified atom stereocenters. The number of benzene rings is 2. The van der Waals surface area contributed by atoms with Gasteiger partial charge in [-0.15, -0.1) is 0 Å². The van der Waals surface area contributed by atoms with Crippen molar-refractivity contribution in [1.29, 1.82) is 0 Å². The van der Waals surface area contributed by atoms with Crippen LogP contribution in [0.5, 0.6) is 0 Å². The third-order valence-electron chi connectivity index (χ3n) is 4.53. The van der Waals surface area contributed by atoms with Crippen LogP contribution in [0.15, 0.2) is 90.0 Å². The molecule has 1 saturated heterocycles. The molecule has 168 valence electrons. The molecule has 0 aliphatic carbocycles. The molecular formula is C12H10N20P2. The second-order valence-corrected chi connectivity index (χ2v) is 13.0. The Morgan fingerprint density at radius 2 is 0.676 bits per heavy atom. The fourth-order valence-corrected chi connectivity index (χ4v) is 14.4. The molecule has 22 heteroatoms. The summed E-state index contributed by atoms with van der Waals surface area (Å²) >= 11 is 0. The summed E-state index contributed by atoms with van der Waals surface area (Å²) in [6, 6.07) is 14.6. The van der Waals surface area contributed by atoms with Crippen LogP contribution in [0.1, 0.15) is 0 Å². The van der Waals surface area contributed by atoms with Crippen molar-refractivity contribution >= 4 is 26.1 Å². The number of hydrogen-bond donors (Lipinski definition) is 0. The van der Waals surface area contributed by atoms with E-state index in [1.807, 2.05) is 0 Å². The van der Waals surface area contributed by atoms with Crippen LogP contribution >= 0.6 is 14.7 Å². The molecule has 1 aliphatic rings. The van der Waals surface area contributed by atoms with Crippen LogP contribution < -0.4 is 8.88 Å². The number of rotatable bonds is 8. The molecule has 1 fully saturated rings. The molecule has 0 bridgehead atoms. The number of azide groups is 2. The maximum absolute atomic E-state index is 9.53. The molecule has 2 aromatic rings. The Morgan fingerprint density at radius 1 is 0.441 bits per heavy atom. The van der Waals surface area contributed by atoms with Gasteiger partial charge in [0.2, 0.25) is 0 Å². The van der Waals surface area contributed by atoms with Crippen molar-refractivity contribution in [3.63, 3.8) is 0 Å². The Morgan fingerprint density at radius 3 is 0.882 bits per heavy atom. The van der Waals surface area contributed by atoms with E-state index in [0.717, 1.165) is 8.88 Å². The minimum atomic E-state index is -5.62. The Labute approximate surface area is 188 Å². The molecule has 3 rings (SSSR count). The van der Waals surface area contributed by atoms with E-state index in [0.29, 0.717) is 0 Å². The zero-order valence-corrected chi connectivity index (χ0v) is 18.4. The first kappa shape index (κ1) is 23.4. The van der Waals surface area contributed by atoms with E-state index in [1.54, 1.807) is 12.1 Å². The Bertz CT molecular complexity index is 1210. The van der Waals surface area contributed by atoms with Gasteiger partial charge in [0.15, 0.2) is 0 Å². The standard InChI is InChI=1S/C12H10N20P2/c13-19-25-33(26-20-14,27-21-15)31(11-7-3-1-4-8-11)34(28-22-16,29-23-17,30-24-18)32(33)12-9-5-2-6-10-12/h1-10H. The molecule has 0 saturated carbocycles. The predicted octanol–water partition coefficient (Wildman–Crippen LogP) is 9.13. The van der Waals surface area contributed by atoms with Gasteiger partial charge in [0, 0.05) is 0 Å². The molecule has 0 radical (unpaired) electrons. The molecular weight excluding hydrogens is 486 g/mol. The van der Waals surface area contributed by atoms with Crippen molar-refractivity contribution in [1.82, 2.24) is 0 Å². The van der Waals surface area contributed by atoms with Crippen molar-refractivity contribution in [2.45, 2.75) is 0 Å². The zero-order chi connectivity index (χ0) is 24.8. The van der Waals surface area contributed by atoms with E-state index in [1.165, 1.54) is 48.5 Å². The second kappa shape index (κ2) is 8.36. The van der Waals surface area contributed by atoms with E-state index < -0.39 is 14.7 Å². The van der Waals surface area contributed by atoms with Crippen molar-refractivity contribution in [2.75, 3.05) is 8.88 Å². The van der Waals surface area contributed by atoms with E-state index in [2.05, 4.69) is 58.8 Å². The summed E-state index contributed by atoms with van der Waals surface area (Å²) in [4.78, 5) is 38.6. The Hall–Kier alpha value is -5.24. The van der Waals surface area contributed by atoms with Gasteiger partial charge in [-0.3, -0.25) is 0 Å². The van der Waals surface area contributed by atoms with Crippen molar-refractivity contribution < 1.29 is 0 Å². The molecule has 0 spiro atoms. The first-order valence-electron chi connectivity index (χ1n) is 8.67. The summed E-state index contributed by atoms with van der Waals surface area (Å²) in [6.45, 7) is 0. The van der Waals surface area contributed by atoms with Crippen LogP contribution in [0, 0.1) is 0 Å². The minimum absolute atomic E-state index is 0.0515. The summed E-state index contributed by atoms with van der Waals surface area (Å²) in [7, 11) is -11.2. The van der Waals surface area contributed by atoms with Crippen LogP contribution in [-0.2, 0) is 0 Å². The Kier molecular flexibility index (Phi) is 5.76. The molecule has 1 aliphatic heterocycles. The SMILES string of the molecule is [N-]=[N+]=NP1(N=[N+]=[N-])(N=[N+]=[N-])N(c2ccccc2)P(N=[N+]=[N-])(N=[N+]=[N-])(N=[N+]=[N-])N1c1ccccc1. The van der Waals surface area contributed by atoms with Gasteiger partial charge in [0.25, 0.3) is 0 Å². The van der Waals surface area contributed by atoms with Crippen LogP contribution in [-0.4, -0.2) is 0 Å². The monoisotopic (exact) mass is 496 g/mol. The molecule has 0 amide bonds. The van der Waals surface area contributed by atoms with Gasteiger partial charge in [-0.2, -0.15) is 0 Å². The second-order valence-electron chi connectivity index (χ2n) is 6.11. The van der Waals surface area contributed by atoms with Crippen LogP contribution in [0.2, 0.25) is 0 Å². The molecule has 1 heterocycles. The molecule has 0 atom stereocenters.